The fourth-order valence-electron chi connectivity index (χ4n) is 4.36. The lowest BCUT2D eigenvalue weighted by atomic mass is 9.98. The molecule has 8 nitrogen and oxygen atoms in total. The zero-order valence-corrected chi connectivity index (χ0v) is 20.3. The first-order valence-corrected chi connectivity index (χ1v) is 13.2. The van der Waals surface area contributed by atoms with Crippen molar-refractivity contribution >= 4 is 22.2 Å². The molecule has 0 unspecified atom stereocenters. The van der Waals surface area contributed by atoms with E-state index in [0.717, 1.165) is 27.8 Å². The topological polar surface area (TPSA) is 119 Å². The molecular weight excluding hydrogens is 482 g/mol. The Hall–Kier alpha value is -3.69. The summed E-state index contributed by atoms with van der Waals surface area (Å²) in [6.07, 6.45) is -1.02. The van der Waals surface area contributed by atoms with Crippen LogP contribution in [-0.2, 0) is 31.0 Å². The Kier molecular flexibility index (Phi) is 8.02. The van der Waals surface area contributed by atoms with Crippen molar-refractivity contribution in [1.29, 1.82) is 0 Å². The van der Waals surface area contributed by atoms with Crippen molar-refractivity contribution < 1.29 is 32.0 Å². The van der Waals surface area contributed by atoms with Crippen LogP contribution in [0.15, 0.2) is 78.9 Å². The highest BCUT2D eigenvalue weighted by atomic mass is 32.2. The summed E-state index contributed by atoms with van der Waals surface area (Å²) in [5.41, 5.74) is 5.07. The lowest BCUT2D eigenvalue weighted by molar-refractivity contribution is -0.145. The van der Waals surface area contributed by atoms with Gasteiger partial charge in [0.2, 0.25) is 0 Å². The molecule has 36 heavy (non-hydrogen) atoms. The van der Waals surface area contributed by atoms with Crippen molar-refractivity contribution in [1.82, 2.24) is 5.32 Å². The summed E-state index contributed by atoms with van der Waals surface area (Å²) in [5.74, 6) is -1.45. The summed E-state index contributed by atoms with van der Waals surface area (Å²) in [7, 11) is -4.41. The first kappa shape index (κ1) is 25.4. The van der Waals surface area contributed by atoms with Crippen LogP contribution < -0.4 is 5.32 Å². The zero-order chi connectivity index (χ0) is 25.5. The van der Waals surface area contributed by atoms with E-state index in [1.807, 2.05) is 78.9 Å². The molecule has 0 fully saturated rings. The highest BCUT2D eigenvalue weighted by Crippen LogP contribution is 2.44. The third-order valence-electron chi connectivity index (χ3n) is 6.02. The Balaban J connectivity index is 1.33. The van der Waals surface area contributed by atoms with Crippen molar-refractivity contribution in [2.75, 3.05) is 12.4 Å². The van der Waals surface area contributed by atoms with Gasteiger partial charge in [-0.05, 0) is 34.2 Å². The van der Waals surface area contributed by atoms with Crippen molar-refractivity contribution in [3.05, 3.63) is 95.6 Å². The van der Waals surface area contributed by atoms with Gasteiger partial charge in [0, 0.05) is 18.4 Å². The van der Waals surface area contributed by atoms with E-state index in [9.17, 15) is 22.6 Å². The normalized spacial score (nSPS) is 13.4. The van der Waals surface area contributed by atoms with Crippen LogP contribution >= 0.6 is 0 Å². The number of carbonyl (C=O) groups excluding carboxylic acids is 2. The minimum Gasteiger partial charge on any atom is -0.461 e. The molecule has 9 heteroatoms. The number of alkyl carbamates (subject to hydrolysis) is 1. The van der Waals surface area contributed by atoms with E-state index in [4.69, 9.17) is 9.47 Å². The summed E-state index contributed by atoms with van der Waals surface area (Å²) < 4.78 is 42.9. The van der Waals surface area contributed by atoms with Gasteiger partial charge >= 0.3 is 12.1 Å². The number of benzene rings is 3. The Bertz CT molecular complexity index is 1280. The lowest BCUT2D eigenvalue weighted by Gasteiger charge is -2.19. The number of hydrogen-bond donors (Lipinski definition) is 2. The number of nitrogens with one attached hydrogen (secondary N) is 1. The van der Waals surface area contributed by atoms with Gasteiger partial charge < -0.3 is 14.8 Å². The second-order valence-electron chi connectivity index (χ2n) is 8.60. The zero-order valence-electron chi connectivity index (χ0n) is 19.5. The van der Waals surface area contributed by atoms with E-state index in [1.165, 1.54) is 0 Å². The fourth-order valence-corrected chi connectivity index (χ4v) is 5.12. The maximum Gasteiger partial charge on any atom is 0.407 e. The Morgan fingerprint density at radius 3 is 2.06 bits per heavy atom. The molecule has 0 saturated heterocycles. The van der Waals surface area contributed by atoms with E-state index in [0.29, 0.717) is 0 Å². The van der Waals surface area contributed by atoms with Crippen molar-refractivity contribution in [2.24, 2.45) is 0 Å². The van der Waals surface area contributed by atoms with Gasteiger partial charge in [0.05, 0.1) is 5.75 Å². The van der Waals surface area contributed by atoms with Gasteiger partial charge in [-0.15, -0.1) is 0 Å². The highest BCUT2D eigenvalue weighted by Gasteiger charge is 2.29. The molecule has 0 spiro atoms. The number of ether oxygens (including phenoxy) is 2. The summed E-state index contributed by atoms with van der Waals surface area (Å²) in [6.45, 7) is 0.139. The molecule has 1 aliphatic carbocycles. The molecule has 0 heterocycles. The second kappa shape index (κ2) is 11.4. The SMILES string of the molecule is O=C(CC[C@@H](CS(=O)(=O)O)NC(=O)OCC1c2ccccc2-c2ccccc21)OCc1ccccc1. The molecule has 0 saturated carbocycles. The quantitative estimate of drug-likeness (QED) is 0.309. The van der Waals surface area contributed by atoms with Gasteiger partial charge in [-0.2, -0.15) is 8.42 Å². The van der Waals surface area contributed by atoms with Crippen LogP contribution in [0.4, 0.5) is 4.79 Å². The van der Waals surface area contributed by atoms with E-state index in [-0.39, 0.29) is 32.0 Å². The number of rotatable bonds is 10. The summed E-state index contributed by atoms with van der Waals surface area (Å²) in [5, 5.41) is 2.47. The van der Waals surface area contributed by atoms with Gasteiger partial charge in [-0.1, -0.05) is 78.9 Å². The molecule has 1 aliphatic rings. The molecule has 0 aliphatic heterocycles. The molecule has 0 aromatic heterocycles. The number of amides is 1. The van der Waals surface area contributed by atoms with Gasteiger partial charge in [0.25, 0.3) is 10.1 Å². The van der Waals surface area contributed by atoms with Crippen LogP contribution in [0.5, 0.6) is 0 Å². The van der Waals surface area contributed by atoms with Crippen molar-refractivity contribution in [3.63, 3.8) is 0 Å². The van der Waals surface area contributed by atoms with Crippen LogP contribution in [0.2, 0.25) is 0 Å². The number of hydrogen-bond acceptors (Lipinski definition) is 6. The smallest absolute Gasteiger partial charge is 0.407 e. The third kappa shape index (κ3) is 6.71. The number of fused-ring (bicyclic) bond motifs is 3. The fraction of sp³-hybridized carbons (Fsp3) is 0.259. The van der Waals surface area contributed by atoms with Crippen LogP contribution in [-0.4, -0.2) is 43.4 Å². The third-order valence-corrected chi connectivity index (χ3v) is 6.84. The van der Waals surface area contributed by atoms with Gasteiger partial charge in [-0.3, -0.25) is 9.35 Å². The Labute approximate surface area is 210 Å². The van der Waals surface area contributed by atoms with Gasteiger partial charge in [0.15, 0.2) is 0 Å². The van der Waals surface area contributed by atoms with Crippen LogP contribution in [0.3, 0.4) is 0 Å². The van der Waals surface area contributed by atoms with Crippen LogP contribution in [0.25, 0.3) is 11.1 Å². The lowest BCUT2D eigenvalue weighted by Crippen LogP contribution is -2.40. The first-order chi connectivity index (χ1) is 17.3. The molecular formula is C27H27NO7S. The standard InChI is InChI=1S/C27H27NO7S/c29-26(34-16-19-8-2-1-3-9-19)15-14-20(18-36(31,32)33)28-27(30)35-17-25-23-12-6-4-10-21(23)22-11-5-7-13-24(22)25/h1-13,20,25H,14-18H2,(H,28,30)(H,31,32,33)/t20-/m0/s1. The van der Waals surface area contributed by atoms with Crippen molar-refractivity contribution in [3.8, 4) is 11.1 Å². The van der Waals surface area contributed by atoms with Crippen LogP contribution in [0, 0.1) is 0 Å². The monoisotopic (exact) mass is 509 g/mol. The molecule has 2 N–H and O–H groups in total. The molecule has 4 rings (SSSR count). The summed E-state index contributed by atoms with van der Waals surface area (Å²) in [4.78, 5) is 24.7. The first-order valence-electron chi connectivity index (χ1n) is 11.6. The predicted molar refractivity (Wildman–Crippen MR) is 134 cm³/mol. The van der Waals surface area contributed by atoms with Gasteiger partial charge in [0.1, 0.15) is 13.2 Å². The molecule has 1 atom stereocenters. The Morgan fingerprint density at radius 1 is 0.861 bits per heavy atom. The largest absolute Gasteiger partial charge is 0.461 e. The number of esters is 1. The van der Waals surface area contributed by atoms with E-state index < -0.39 is 34.0 Å². The van der Waals surface area contributed by atoms with Crippen LogP contribution in [0.1, 0.15) is 35.4 Å². The Morgan fingerprint density at radius 2 is 1.44 bits per heavy atom. The second-order valence-corrected chi connectivity index (χ2v) is 10.1. The molecule has 188 valence electrons. The van der Waals surface area contributed by atoms with E-state index >= 15 is 0 Å². The van der Waals surface area contributed by atoms with Gasteiger partial charge in [-0.25, -0.2) is 4.79 Å². The molecule has 0 radical (unpaired) electrons. The minimum absolute atomic E-state index is 0.0440. The van der Waals surface area contributed by atoms with E-state index in [2.05, 4.69) is 5.32 Å². The predicted octanol–water partition coefficient (Wildman–Crippen LogP) is 4.31. The molecule has 1 amide bonds. The average molecular weight is 510 g/mol. The maximum atomic E-state index is 12.5. The maximum absolute atomic E-state index is 12.5. The van der Waals surface area contributed by atoms with Crippen molar-refractivity contribution in [2.45, 2.75) is 31.4 Å². The summed E-state index contributed by atoms with van der Waals surface area (Å²) >= 11 is 0. The summed E-state index contributed by atoms with van der Waals surface area (Å²) in [6, 6.07) is 23.9. The minimum atomic E-state index is -4.41. The molecule has 3 aromatic rings. The molecule has 0 bridgehead atoms. The average Bonchev–Trinajstić information content (AvgIpc) is 3.18. The molecule has 3 aromatic carbocycles. The van der Waals surface area contributed by atoms with E-state index in [1.54, 1.807) is 0 Å². The highest BCUT2D eigenvalue weighted by molar-refractivity contribution is 7.85. The number of carbonyl (C=O) groups is 2.